The summed E-state index contributed by atoms with van der Waals surface area (Å²) < 4.78 is 0. The number of aryl methyl sites for hydroxylation is 1. The van der Waals surface area contributed by atoms with Crippen molar-refractivity contribution in [2.75, 3.05) is 6.54 Å². The largest absolute Gasteiger partial charge is 0.293 e. The number of aliphatic imine (C=N–C) groups is 1. The fraction of sp³-hybridized carbons (Fsp3) is 0.500. The molecule has 1 aliphatic rings. The molecule has 1 aromatic rings. The highest BCUT2D eigenvalue weighted by Gasteiger charge is 2.17. The Bertz CT molecular complexity index is 390. The lowest BCUT2D eigenvalue weighted by molar-refractivity contribution is 0.931. The molecule has 1 aromatic carbocycles. The van der Waals surface area contributed by atoms with Crippen molar-refractivity contribution in [3.63, 3.8) is 0 Å². The monoisotopic (exact) mass is 201 g/mol. The molecule has 0 fully saturated rings. The van der Waals surface area contributed by atoms with E-state index in [1.807, 2.05) is 0 Å². The van der Waals surface area contributed by atoms with E-state index < -0.39 is 0 Å². The summed E-state index contributed by atoms with van der Waals surface area (Å²) in [5, 5.41) is 0. The Labute approximate surface area is 92.2 Å². The second-order valence-corrected chi connectivity index (χ2v) is 4.49. The van der Waals surface area contributed by atoms with Crippen molar-refractivity contribution < 1.29 is 0 Å². The molecule has 0 N–H and O–H groups in total. The second-order valence-electron chi connectivity index (χ2n) is 4.49. The summed E-state index contributed by atoms with van der Waals surface area (Å²) in [4.78, 5) is 4.60. The summed E-state index contributed by atoms with van der Waals surface area (Å²) in [6.45, 7) is 7.72. The summed E-state index contributed by atoms with van der Waals surface area (Å²) in [5.74, 6) is 0.507. The molecule has 0 saturated heterocycles. The van der Waals surface area contributed by atoms with E-state index in [9.17, 15) is 0 Å². The van der Waals surface area contributed by atoms with Crippen molar-refractivity contribution >= 4 is 5.71 Å². The van der Waals surface area contributed by atoms with Crippen molar-refractivity contribution in [3.8, 4) is 0 Å². The highest BCUT2D eigenvalue weighted by molar-refractivity contribution is 5.92. The normalized spacial score (nSPS) is 17.7. The molecule has 1 heteroatoms. The first-order chi connectivity index (χ1) is 7.20. The Morgan fingerprint density at radius 3 is 2.73 bits per heavy atom. The van der Waals surface area contributed by atoms with Crippen LogP contribution in [-0.2, 0) is 0 Å². The van der Waals surface area contributed by atoms with E-state index in [1.54, 1.807) is 0 Å². The molecule has 0 aromatic heterocycles. The Hall–Kier alpha value is -1.11. The molecule has 1 atom stereocenters. The smallest absolute Gasteiger partial charge is 0.0392 e. The maximum Gasteiger partial charge on any atom is 0.0392 e. The summed E-state index contributed by atoms with van der Waals surface area (Å²) in [5.41, 5.74) is 5.66. The van der Waals surface area contributed by atoms with E-state index in [4.69, 9.17) is 0 Å². The molecule has 0 aliphatic carbocycles. The Kier molecular flexibility index (Phi) is 2.90. The van der Waals surface area contributed by atoms with Gasteiger partial charge in [0, 0.05) is 18.2 Å². The summed E-state index contributed by atoms with van der Waals surface area (Å²) >= 11 is 0. The van der Waals surface area contributed by atoms with Crippen molar-refractivity contribution in [1.29, 1.82) is 0 Å². The first-order valence-electron chi connectivity index (χ1n) is 5.79. The third-order valence-corrected chi connectivity index (χ3v) is 3.52. The quantitative estimate of drug-likeness (QED) is 0.692. The van der Waals surface area contributed by atoms with Crippen molar-refractivity contribution in [1.82, 2.24) is 0 Å². The minimum absolute atomic E-state index is 0.507. The minimum atomic E-state index is 0.507. The molecule has 80 valence electrons. The molecule has 1 nitrogen and oxygen atoms in total. The van der Waals surface area contributed by atoms with E-state index >= 15 is 0 Å². The average Bonchev–Trinajstić information content (AvgIpc) is 2.74. The van der Waals surface area contributed by atoms with Crippen LogP contribution in [0.1, 0.15) is 42.4 Å². The van der Waals surface area contributed by atoms with Crippen LogP contribution in [0.3, 0.4) is 0 Å². The number of hydrogen-bond acceptors (Lipinski definition) is 1. The van der Waals surface area contributed by atoms with Gasteiger partial charge < -0.3 is 0 Å². The Balaban J connectivity index is 2.32. The predicted molar refractivity (Wildman–Crippen MR) is 65.9 cm³/mol. The van der Waals surface area contributed by atoms with Gasteiger partial charge in [-0.15, -0.1) is 0 Å². The van der Waals surface area contributed by atoms with Crippen LogP contribution in [-0.4, -0.2) is 12.3 Å². The Morgan fingerprint density at radius 1 is 1.27 bits per heavy atom. The van der Waals surface area contributed by atoms with Gasteiger partial charge in [0.25, 0.3) is 0 Å². The van der Waals surface area contributed by atoms with Gasteiger partial charge in [0.2, 0.25) is 0 Å². The fourth-order valence-electron chi connectivity index (χ4n) is 2.34. The molecule has 1 heterocycles. The molecule has 2 rings (SSSR count). The Morgan fingerprint density at radius 2 is 2.07 bits per heavy atom. The molecular weight excluding hydrogens is 182 g/mol. The molecule has 0 amide bonds. The van der Waals surface area contributed by atoms with Gasteiger partial charge in [-0.1, -0.05) is 25.1 Å². The van der Waals surface area contributed by atoms with Crippen LogP contribution in [0.5, 0.6) is 0 Å². The van der Waals surface area contributed by atoms with E-state index in [-0.39, 0.29) is 0 Å². The lowest BCUT2D eigenvalue weighted by Gasteiger charge is -2.16. The van der Waals surface area contributed by atoms with Gasteiger partial charge >= 0.3 is 0 Å². The van der Waals surface area contributed by atoms with Crippen LogP contribution >= 0.6 is 0 Å². The molecule has 0 radical (unpaired) electrons. The van der Waals surface area contributed by atoms with Crippen LogP contribution in [0.15, 0.2) is 23.2 Å². The molecule has 0 spiro atoms. The number of benzene rings is 1. The topological polar surface area (TPSA) is 12.4 Å². The third kappa shape index (κ3) is 1.97. The zero-order valence-corrected chi connectivity index (χ0v) is 9.88. The van der Waals surface area contributed by atoms with Gasteiger partial charge in [-0.2, -0.15) is 0 Å². The lowest BCUT2D eigenvalue weighted by atomic mass is 9.89. The van der Waals surface area contributed by atoms with Crippen molar-refractivity contribution in [2.45, 2.75) is 39.5 Å². The molecular formula is C14H19N. The van der Waals surface area contributed by atoms with Gasteiger partial charge in [0.15, 0.2) is 0 Å². The predicted octanol–water partition coefficient (Wildman–Crippen LogP) is 3.64. The fourth-order valence-corrected chi connectivity index (χ4v) is 2.34. The van der Waals surface area contributed by atoms with Gasteiger partial charge in [0.1, 0.15) is 0 Å². The second kappa shape index (κ2) is 4.18. The summed E-state index contributed by atoms with van der Waals surface area (Å²) in [6.07, 6.45) is 2.43. The van der Waals surface area contributed by atoms with Gasteiger partial charge in [-0.3, -0.25) is 4.99 Å². The first-order valence-corrected chi connectivity index (χ1v) is 5.79. The average molecular weight is 201 g/mol. The van der Waals surface area contributed by atoms with Crippen molar-refractivity contribution in [2.24, 2.45) is 4.99 Å². The minimum Gasteiger partial charge on any atom is -0.293 e. The highest BCUT2D eigenvalue weighted by atomic mass is 14.8. The van der Waals surface area contributed by atoms with Crippen LogP contribution in [0, 0.1) is 13.8 Å². The maximum atomic E-state index is 4.60. The zero-order valence-electron chi connectivity index (χ0n) is 9.88. The van der Waals surface area contributed by atoms with Crippen LogP contribution in [0.4, 0.5) is 0 Å². The highest BCUT2D eigenvalue weighted by Crippen LogP contribution is 2.26. The molecule has 1 aliphatic heterocycles. The first kappa shape index (κ1) is 10.4. The van der Waals surface area contributed by atoms with Gasteiger partial charge in [0.05, 0.1) is 0 Å². The zero-order chi connectivity index (χ0) is 10.8. The standard InChI is InChI=1S/C14H19N/c1-10-6-4-7-13(11(10)2)12(3)14-8-5-9-15-14/h4,6-7,12H,5,8-9H2,1-3H3/t12-/m0/s1. The van der Waals surface area contributed by atoms with Crippen LogP contribution in [0.25, 0.3) is 0 Å². The van der Waals surface area contributed by atoms with Gasteiger partial charge in [-0.25, -0.2) is 0 Å². The van der Waals surface area contributed by atoms with E-state index in [0.717, 1.165) is 6.54 Å². The molecule has 15 heavy (non-hydrogen) atoms. The summed E-state index contributed by atoms with van der Waals surface area (Å²) in [7, 11) is 0. The third-order valence-electron chi connectivity index (χ3n) is 3.52. The molecule has 0 bridgehead atoms. The van der Waals surface area contributed by atoms with Crippen molar-refractivity contribution in [3.05, 3.63) is 34.9 Å². The number of hydrogen-bond donors (Lipinski definition) is 0. The molecule has 0 saturated carbocycles. The molecule has 0 unspecified atom stereocenters. The van der Waals surface area contributed by atoms with E-state index in [1.165, 1.54) is 35.2 Å². The lowest BCUT2D eigenvalue weighted by Crippen LogP contribution is -2.08. The number of rotatable bonds is 2. The van der Waals surface area contributed by atoms with E-state index in [0.29, 0.717) is 5.92 Å². The van der Waals surface area contributed by atoms with E-state index in [2.05, 4.69) is 44.0 Å². The summed E-state index contributed by atoms with van der Waals surface area (Å²) in [6, 6.07) is 6.58. The maximum absolute atomic E-state index is 4.60. The van der Waals surface area contributed by atoms with Gasteiger partial charge in [-0.05, 0) is 43.4 Å². The number of nitrogens with zero attached hydrogens (tertiary/aromatic N) is 1. The van der Waals surface area contributed by atoms with Crippen LogP contribution < -0.4 is 0 Å². The van der Waals surface area contributed by atoms with Crippen LogP contribution in [0.2, 0.25) is 0 Å². The SMILES string of the molecule is Cc1cccc([C@H](C)C2=NCCC2)c1C.